The number of aryl methyl sites for hydroxylation is 1. The molecule has 0 aromatic heterocycles. The fraction of sp³-hybridized carbons (Fsp3) is 0.714. The summed E-state index contributed by atoms with van der Waals surface area (Å²) in [5, 5.41) is 0. The molecule has 1 aromatic rings. The molecule has 2 aliphatic rings. The van der Waals surface area contributed by atoms with E-state index in [9.17, 15) is 8.42 Å². The highest BCUT2D eigenvalue weighted by Crippen LogP contribution is 2.43. The molecule has 0 saturated heterocycles. The molecule has 0 spiro atoms. The monoisotopic (exact) mass is 378 g/mol. The van der Waals surface area contributed by atoms with Crippen LogP contribution in [0.2, 0.25) is 0 Å². The van der Waals surface area contributed by atoms with Gasteiger partial charge in [-0.3, -0.25) is 0 Å². The van der Waals surface area contributed by atoms with Gasteiger partial charge in [0.2, 0.25) is 0 Å². The van der Waals surface area contributed by atoms with Crippen LogP contribution in [-0.2, 0) is 9.84 Å². The van der Waals surface area contributed by atoms with E-state index in [4.69, 9.17) is 11.5 Å². The van der Waals surface area contributed by atoms with Gasteiger partial charge in [-0.05, 0) is 56.6 Å². The van der Waals surface area contributed by atoms with Crippen LogP contribution in [0.15, 0.2) is 29.2 Å². The Labute approximate surface area is 158 Å². The molecule has 2 saturated carbocycles. The van der Waals surface area contributed by atoms with Crippen molar-refractivity contribution in [1.82, 2.24) is 0 Å². The van der Waals surface area contributed by atoms with Crippen LogP contribution in [0.3, 0.4) is 0 Å². The number of hydrogen-bond acceptors (Lipinski definition) is 4. The highest BCUT2D eigenvalue weighted by atomic mass is 32.2. The molecule has 0 amide bonds. The Hall–Kier alpha value is -0.910. The molecule has 146 valence electrons. The molecule has 3 rings (SSSR count). The minimum absolute atomic E-state index is 0.0560. The van der Waals surface area contributed by atoms with Gasteiger partial charge in [0.05, 0.1) is 4.90 Å². The summed E-state index contributed by atoms with van der Waals surface area (Å²) in [6, 6.07) is 6.59. The number of nitrogens with two attached hydrogens (primary N) is 2. The largest absolute Gasteiger partial charge is 0.325 e. The summed E-state index contributed by atoms with van der Waals surface area (Å²) in [5.41, 5.74) is 14.6. The van der Waals surface area contributed by atoms with E-state index in [-0.39, 0.29) is 11.8 Å². The van der Waals surface area contributed by atoms with E-state index >= 15 is 0 Å². The van der Waals surface area contributed by atoms with Crippen molar-refractivity contribution in [2.45, 2.75) is 86.9 Å². The third-order valence-electron chi connectivity index (χ3n) is 6.72. The van der Waals surface area contributed by atoms with Gasteiger partial charge in [0.25, 0.3) is 0 Å². The third-order valence-corrected chi connectivity index (χ3v) is 9.15. The standard InChI is InChI=1S/C21H34N2O2S/c1-16-12-14-19(15-13-16)26(24,25)21(23,18-10-6-3-7-11-18)20(22)17-8-4-2-5-9-17/h12-15,17-18,20H,2-11,22-23H2,1H3. The Bertz CT molecular complexity index is 689. The molecule has 1 aromatic carbocycles. The maximum Gasteiger partial charge on any atom is 0.198 e. The van der Waals surface area contributed by atoms with Gasteiger partial charge in [0.15, 0.2) is 9.84 Å². The molecular weight excluding hydrogens is 344 g/mol. The number of sulfone groups is 1. The fourth-order valence-corrected chi connectivity index (χ4v) is 7.14. The molecule has 0 aliphatic heterocycles. The van der Waals surface area contributed by atoms with Gasteiger partial charge in [-0.25, -0.2) is 8.42 Å². The minimum atomic E-state index is -3.71. The maximum absolute atomic E-state index is 13.7. The first-order valence-electron chi connectivity index (χ1n) is 10.2. The van der Waals surface area contributed by atoms with E-state index in [1.165, 1.54) is 6.42 Å². The zero-order valence-electron chi connectivity index (χ0n) is 16.0. The van der Waals surface area contributed by atoms with Crippen molar-refractivity contribution >= 4 is 9.84 Å². The van der Waals surface area contributed by atoms with Crippen molar-refractivity contribution in [3.8, 4) is 0 Å². The van der Waals surface area contributed by atoms with Gasteiger partial charge in [0.1, 0.15) is 4.87 Å². The molecule has 0 radical (unpaired) electrons. The topological polar surface area (TPSA) is 86.2 Å². The number of hydrogen-bond donors (Lipinski definition) is 2. The van der Waals surface area contributed by atoms with Crippen LogP contribution in [-0.4, -0.2) is 19.3 Å². The predicted molar refractivity (Wildman–Crippen MR) is 106 cm³/mol. The van der Waals surface area contributed by atoms with E-state index in [1.807, 2.05) is 19.1 Å². The van der Waals surface area contributed by atoms with Crippen molar-refractivity contribution in [3.63, 3.8) is 0 Å². The average Bonchev–Trinajstić information content (AvgIpc) is 2.68. The van der Waals surface area contributed by atoms with E-state index in [0.29, 0.717) is 4.90 Å². The Morgan fingerprint density at radius 1 is 0.923 bits per heavy atom. The van der Waals surface area contributed by atoms with Crippen molar-refractivity contribution in [3.05, 3.63) is 29.8 Å². The van der Waals surface area contributed by atoms with Gasteiger partial charge in [0, 0.05) is 6.04 Å². The zero-order valence-corrected chi connectivity index (χ0v) is 16.8. The summed E-state index contributed by atoms with van der Waals surface area (Å²) in [6.07, 6.45) is 10.4. The molecular formula is C21H34N2O2S. The van der Waals surface area contributed by atoms with Crippen molar-refractivity contribution in [2.75, 3.05) is 0 Å². The Kier molecular flexibility index (Phi) is 6.10. The summed E-state index contributed by atoms with van der Waals surface area (Å²) in [6.45, 7) is 1.96. The maximum atomic E-state index is 13.7. The Morgan fingerprint density at radius 2 is 1.42 bits per heavy atom. The van der Waals surface area contributed by atoms with Crippen molar-refractivity contribution in [2.24, 2.45) is 23.3 Å². The van der Waals surface area contributed by atoms with Crippen LogP contribution in [0.5, 0.6) is 0 Å². The Morgan fingerprint density at radius 3 is 1.96 bits per heavy atom. The molecule has 2 unspecified atom stereocenters. The fourth-order valence-electron chi connectivity index (χ4n) is 5.01. The lowest BCUT2D eigenvalue weighted by Gasteiger charge is -2.46. The highest BCUT2D eigenvalue weighted by molar-refractivity contribution is 7.92. The van der Waals surface area contributed by atoms with Crippen LogP contribution in [0.4, 0.5) is 0 Å². The van der Waals surface area contributed by atoms with Gasteiger partial charge in [-0.2, -0.15) is 0 Å². The lowest BCUT2D eigenvalue weighted by Crippen LogP contribution is -2.67. The summed E-state index contributed by atoms with van der Waals surface area (Å²) in [5.74, 6) is 0.148. The molecule has 4 N–H and O–H groups in total. The van der Waals surface area contributed by atoms with Crippen molar-refractivity contribution in [1.29, 1.82) is 0 Å². The summed E-state index contributed by atoms with van der Waals surface area (Å²) in [4.78, 5) is -1.05. The number of rotatable bonds is 5. The SMILES string of the molecule is Cc1ccc(S(=O)(=O)C(N)(C2CCCCC2)C(N)C2CCCCC2)cc1. The summed E-state index contributed by atoms with van der Waals surface area (Å²) >= 11 is 0. The normalized spacial score (nSPS) is 24.1. The second kappa shape index (κ2) is 7.99. The van der Waals surface area contributed by atoms with Gasteiger partial charge < -0.3 is 11.5 Å². The van der Waals surface area contributed by atoms with E-state index in [2.05, 4.69) is 0 Å². The average molecular weight is 379 g/mol. The molecule has 0 heterocycles. The van der Waals surface area contributed by atoms with Crippen LogP contribution in [0, 0.1) is 18.8 Å². The Balaban J connectivity index is 2.02. The van der Waals surface area contributed by atoms with E-state index in [0.717, 1.165) is 63.4 Å². The van der Waals surface area contributed by atoms with Gasteiger partial charge in [-0.15, -0.1) is 0 Å². The summed E-state index contributed by atoms with van der Waals surface area (Å²) < 4.78 is 27.5. The molecule has 2 atom stereocenters. The second-order valence-electron chi connectivity index (χ2n) is 8.43. The van der Waals surface area contributed by atoms with Gasteiger partial charge in [-0.1, -0.05) is 56.2 Å². The first-order valence-corrected chi connectivity index (χ1v) is 11.7. The summed E-state index contributed by atoms with van der Waals surface area (Å²) in [7, 11) is -3.71. The molecule has 5 heteroatoms. The molecule has 2 aliphatic carbocycles. The molecule has 0 bridgehead atoms. The van der Waals surface area contributed by atoms with Crippen LogP contribution in [0.25, 0.3) is 0 Å². The highest BCUT2D eigenvalue weighted by Gasteiger charge is 2.53. The van der Waals surface area contributed by atoms with E-state index in [1.54, 1.807) is 12.1 Å². The smallest absolute Gasteiger partial charge is 0.198 e. The third kappa shape index (κ3) is 3.58. The molecule has 4 nitrogen and oxygen atoms in total. The predicted octanol–water partition coefficient (Wildman–Crippen LogP) is 3.91. The first kappa shape index (κ1) is 19.8. The lowest BCUT2D eigenvalue weighted by molar-refractivity contribution is 0.181. The van der Waals surface area contributed by atoms with Crippen molar-refractivity contribution < 1.29 is 8.42 Å². The van der Waals surface area contributed by atoms with Crippen LogP contribution < -0.4 is 11.5 Å². The second-order valence-corrected chi connectivity index (χ2v) is 10.6. The first-order chi connectivity index (χ1) is 12.4. The van der Waals surface area contributed by atoms with E-state index < -0.39 is 20.8 Å². The molecule has 2 fully saturated rings. The van der Waals surface area contributed by atoms with Crippen LogP contribution >= 0.6 is 0 Å². The quantitative estimate of drug-likeness (QED) is 0.813. The number of benzene rings is 1. The zero-order chi connectivity index (χ0) is 18.8. The van der Waals surface area contributed by atoms with Crippen LogP contribution in [0.1, 0.15) is 69.8 Å². The lowest BCUT2D eigenvalue weighted by atomic mass is 9.74. The minimum Gasteiger partial charge on any atom is -0.325 e. The van der Waals surface area contributed by atoms with Gasteiger partial charge >= 0.3 is 0 Å². The molecule has 26 heavy (non-hydrogen) atoms.